The SMILES string of the molecule is CN(CC(=O)Nc1ccc(S(C)(=O)=O)cc1)Cc1ccc(F)cc1F. The molecule has 0 aromatic heterocycles. The maximum absolute atomic E-state index is 13.6. The van der Waals surface area contributed by atoms with Crippen LogP contribution in [0.3, 0.4) is 0 Å². The Morgan fingerprint density at radius 3 is 2.32 bits per heavy atom. The van der Waals surface area contributed by atoms with Gasteiger partial charge in [0.2, 0.25) is 5.91 Å². The van der Waals surface area contributed by atoms with Crippen LogP contribution in [0.25, 0.3) is 0 Å². The van der Waals surface area contributed by atoms with Gasteiger partial charge in [0.25, 0.3) is 0 Å². The molecule has 0 bridgehead atoms. The van der Waals surface area contributed by atoms with Crippen molar-refractivity contribution in [3.05, 3.63) is 59.7 Å². The van der Waals surface area contributed by atoms with Crippen LogP contribution in [0, 0.1) is 11.6 Å². The number of anilines is 1. The Hall–Kier alpha value is -2.32. The number of hydrogen-bond acceptors (Lipinski definition) is 4. The second-order valence-corrected chi connectivity index (χ2v) is 7.77. The van der Waals surface area contributed by atoms with Gasteiger partial charge in [0.15, 0.2) is 9.84 Å². The van der Waals surface area contributed by atoms with Crippen molar-refractivity contribution in [2.75, 3.05) is 25.2 Å². The predicted molar refractivity (Wildman–Crippen MR) is 90.9 cm³/mol. The van der Waals surface area contributed by atoms with Gasteiger partial charge in [-0.15, -0.1) is 0 Å². The highest BCUT2D eigenvalue weighted by Gasteiger charge is 2.12. The van der Waals surface area contributed by atoms with Crippen LogP contribution in [0.15, 0.2) is 47.4 Å². The minimum absolute atomic E-state index is 0.00928. The van der Waals surface area contributed by atoms with E-state index in [1.807, 2.05) is 0 Å². The Kier molecular flexibility index (Phi) is 5.86. The number of rotatable bonds is 6. The van der Waals surface area contributed by atoms with Crippen molar-refractivity contribution < 1.29 is 22.0 Å². The first-order valence-electron chi connectivity index (χ1n) is 7.37. The smallest absolute Gasteiger partial charge is 0.238 e. The molecule has 0 aliphatic rings. The summed E-state index contributed by atoms with van der Waals surface area (Å²) in [5.74, 6) is -1.65. The first-order valence-corrected chi connectivity index (χ1v) is 9.27. The maximum atomic E-state index is 13.6. The number of nitrogens with one attached hydrogen (secondary N) is 1. The number of carbonyl (C=O) groups excluding carboxylic acids is 1. The average molecular weight is 368 g/mol. The topological polar surface area (TPSA) is 66.5 Å². The average Bonchev–Trinajstić information content (AvgIpc) is 2.49. The number of benzene rings is 2. The maximum Gasteiger partial charge on any atom is 0.238 e. The third kappa shape index (κ3) is 5.61. The van der Waals surface area contributed by atoms with Crippen LogP contribution in [-0.2, 0) is 21.2 Å². The molecule has 8 heteroatoms. The summed E-state index contributed by atoms with van der Waals surface area (Å²) >= 11 is 0. The van der Waals surface area contributed by atoms with Crippen LogP contribution in [0.1, 0.15) is 5.56 Å². The fourth-order valence-corrected chi connectivity index (χ4v) is 2.86. The van der Waals surface area contributed by atoms with Crippen LogP contribution < -0.4 is 5.32 Å². The van der Waals surface area contributed by atoms with E-state index in [0.29, 0.717) is 5.69 Å². The zero-order chi connectivity index (χ0) is 18.6. The van der Waals surface area contributed by atoms with Crippen molar-refractivity contribution in [1.82, 2.24) is 4.90 Å². The fraction of sp³-hybridized carbons (Fsp3) is 0.235. The monoisotopic (exact) mass is 368 g/mol. The Morgan fingerprint density at radius 2 is 1.76 bits per heavy atom. The molecule has 0 saturated heterocycles. The van der Waals surface area contributed by atoms with Crippen molar-refractivity contribution in [1.29, 1.82) is 0 Å². The molecule has 0 atom stereocenters. The van der Waals surface area contributed by atoms with Gasteiger partial charge in [-0.1, -0.05) is 6.07 Å². The molecular formula is C17H18F2N2O3S. The molecule has 2 aromatic rings. The lowest BCUT2D eigenvalue weighted by Gasteiger charge is -2.17. The highest BCUT2D eigenvalue weighted by atomic mass is 32.2. The lowest BCUT2D eigenvalue weighted by Crippen LogP contribution is -2.30. The third-order valence-corrected chi connectivity index (χ3v) is 4.56. The van der Waals surface area contributed by atoms with E-state index in [9.17, 15) is 22.0 Å². The van der Waals surface area contributed by atoms with Crippen LogP contribution in [-0.4, -0.2) is 39.1 Å². The molecule has 25 heavy (non-hydrogen) atoms. The summed E-state index contributed by atoms with van der Waals surface area (Å²) in [4.78, 5) is 13.8. The normalized spacial score (nSPS) is 11.6. The van der Waals surface area contributed by atoms with Gasteiger partial charge >= 0.3 is 0 Å². The van der Waals surface area contributed by atoms with Gasteiger partial charge < -0.3 is 5.32 Å². The molecule has 0 radical (unpaired) electrons. The summed E-state index contributed by atoms with van der Waals surface area (Å²) in [5.41, 5.74) is 0.743. The van der Waals surface area contributed by atoms with Crippen LogP contribution >= 0.6 is 0 Å². The number of nitrogens with zero attached hydrogens (tertiary/aromatic N) is 1. The van der Waals surface area contributed by atoms with Crippen LogP contribution in [0.4, 0.5) is 14.5 Å². The second-order valence-electron chi connectivity index (χ2n) is 5.75. The van der Waals surface area contributed by atoms with E-state index in [2.05, 4.69) is 5.32 Å². The van der Waals surface area contributed by atoms with E-state index in [1.54, 1.807) is 11.9 Å². The third-order valence-electron chi connectivity index (χ3n) is 3.44. The quantitative estimate of drug-likeness (QED) is 0.851. The Bertz CT molecular complexity index is 868. The summed E-state index contributed by atoms with van der Waals surface area (Å²) in [6.45, 7) is 0.136. The van der Waals surface area contributed by atoms with Crippen molar-refractivity contribution in [2.45, 2.75) is 11.4 Å². The van der Waals surface area contributed by atoms with Gasteiger partial charge in [-0.2, -0.15) is 0 Å². The van der Waals surface area contributed by atoms with E-state index < -0.39 is 21.5 Å². The highest BCUT2D eigenvalue weighted by molar-refractivity contribution is 7.90. The van der Waals surface area contributed by atoms with E-state index in [-0.39, 0.29) is 29.5 Å². The molecule has 0 unspecified atom stereocenters. The summed E-state index contributed by atoms with van der Waals surface area (Å²) in [5, 5.41) is 2.63. The standard InChI is InChI=1S/C17H18F2N2O3S/c1-21(10-12-3-4-13(18)9-16(12)19)11-17(22)20-14-5-7-15(8-6-14)25(2,23)24/h3-9H,10-11H2,1-2H3,(H,20,22). The summed E-state index contributed by atoms with van der Waals surface area (Å²) in [6, 6.07) is 9.10. The lowest BCUT2D eigenvalue weighted by molar-refractivity contribution is -0.117. The number of hydrogen-bond donors (Lipinski definition) is 1. The molecule has 2 aromatic carbocycles. The Labute approximate surface area is 145 Å². The van der Waals surface area contributed by atoms with Crippen molar-refractivity contribution in [2.24, 2.45) is 0 Å². The molecule has 0 aliphatic carbocycles. The molecule has 0 saturated carbocycles. The number of sulfone groups is 1. The fourth-order valence-electron chi connectivity index (χ4n) is 2.23. The Morgan fingerprint density at radius 1 is 1.12 bits per heavy atom. The van der Waals surface area contributed by atoms with E-state index >= 15 is 0 Å². The first kappa shape index (κ1) is 19.0. The molecule has 1 amide bonds. The van der Waals surface area contributed by atoms with E-state index in [0.717, 1.165) is 18.4 Å². The molecule has 0 heterocycles. The molecule has 0 aliphatic heterocycles. The van der Waals surface area contributed by atoms with Gasteiger partial charge in [0.1, 0.15) is 11.6 Å². The Balaban J connectivity index is 1.93. The van der Waals surface area contributed by atoms with Gasteiger partial charge in [-0.25, -0.2) is 17.2 Å². The molecule has 1 N–H and O–H groups in total. The van der Waals surface area contributed by atoms with E-state index in [4.69, 9.17) is 0 Å². The molecule has 134 valence electrons. The van der Waals surface area contributed by atoms with Crippen molar-refractivity contribution in [3.8, 4) is 0 Å². The van der Waals surface area contributed by atoms with Gasteiger partial charge in [0, 0.05) is 30.1 Å². The number of likely N-dealkylation sites (N-methyl/N-ethyl adjacent to an activating group) is 1. The summed E-state index contributed by atoms with van der Waals surface area (Å²) < 4.78 is 49.3. The summed E-state index contributed by atoms with van der Waals surface area (Å²) in [6.07, 6.45) is 1.10. The molecule has 5 nitrogen and oxygen atoms in total. The largest absolute Gasteiger partial charge is 0.325 e. The van der Waals surface area contributed by atoms with Gasteiger partial charge in [-0.05, 0) is 37.4 Å². The minimum atomic E-state index is -3.29. The van der Waals surface area contributed by atoms with Gasteiger partial charge in [0.05, 0.1) is 11.4 Å². The second kappa shape index (κ2) is 7.71. The zero-order valence-electron chi connectivity index (χ0n) is 13.8. The van der Waals surface area contributed by atoms with Crippen molar-refractivity contribution in [3.63, 3.8) is 0 Å². The first-order chi connectivity index (χ1) is 11.6. The summed E-state index contributed by atoms with van der Waals surface area (Å²) in [7, 11) is -1.66. The minimum Gasteiger partial charge on any atom is -0.325 e. The molecular weight excluding hydrogens is 350 g/mol. The van der Waals surface area contributed by atoms with Crippen LogP contribution in [0.5, 0.6) is 0 Å². The van der Waals surface area contributed by atoms with Crippen LogP contribution in [0.2, 0.25) is 0 Å². The molecule has 0 spiro atoms. The predicted octanol–water partition coefficient (Wildman–Crippen LogP) is 2.44. The number of carbonyl (C=O) groups is 1. The molecule has 0 fully saturated rings. The highest BCUT2D eigenvalue weighted by Crippen LogP contribution is 2.14. The lowest BCUT2D eigenvalue weighted by atomic mass is 10.2. The number of halogens is 2. The van der Waals surface area contributed by atoms with Crippen molar-refractivity contribution >= 4 is 21.4 Å². The zero-order valence-corrected chi connectivity index (χ0v) is 14.6. The van der Waals surface area contributed by atoms with E-state index in [1.165, 1.54) is 30.3 Å². The van der Waals surface area contributed by atoms with Gasteiger partial charge in [-0.3, -0.25) is 9.69 Å². The molecule has 2 rings (SSSR count). The number of amides is 1.